The number of anilines is 1. The largest absolute Gasteiger partial charge is 0.497 e. The highest BCUT2D eigenvalue weighted by atomic mass is 16.6. The monoisotopic (exact) mass is 495 g/mol. The van der Waals surface area contributed by atoms with Gasteiger partial charge in [-0.25, -0.2) is 9.38 Å². The average molecular weight is 496 g/mol. The molecule has 0 aliphatic carbocycles. The predicted octanol–water partition coefficient (Wildman–Crippen LogP) is 4.18. The van der Waals surface area contributed by atoms with Crippen molar-refractivity contribution in [3.8, 4) is 17.1 Å². The third-order valence-electron chi connectivity index (χ3n) is 6.79. The Labute approximate surface area is 212 Å². The summed E-state index contributed by atoms with van der Waals surface area (Å²) in [4.78, 5) is 21.0. The zero-order chi connectivity index (χ0) is 25.4. The Hall–Kier alpha value is -4.57. The van der Waals surface area contributed by atoms with Gasteiger partial charge in [0.15, 0.2) is 11.5 Å². The van der Waals surface area contributed by atoms with Crippen LogP contribution in [-0.2, 0) is 6.54 Å². The normalized spacial score (nSPS) is 14.4. The number of aromatic nitrogens is 4. The third kappa shape index (κ3) is 4.21. The number of methoxy groups -OCH3 is 1. The molecule has 1 aliphatic rings. The highest BCUT2D eigenvalue weighted by Gasteiger charge is 2.26. The van der Waals surface area contributed by atoms with Gasteiger partial charge in [0, 0.05) is 44.2 Å². The van der Waals surface area contributed by atoms with Crippen molar-refractivity contribution < 1.29 is 9.66 Å². The molecule has 1 saturated heterocycles. The maximum Gasteiger partial charge on any atom is 0.280 e. The number of benzene rings is 3. The van der Waals surface area contributed by atoms with Crippen LogP contribution in [0.4, 0.5) is 11.6 Å². The van der Waals surface area contributed by atoms with Crippen molar-refractivity contribution in [2.75, 3.05) is 38.2 Å². The van der Waals surface area contributed by atoms with Gasteiger partial charge in [-0.1, -0.05) is 36.4 Å². The summed E-state index contributed by atoms with van der Waals surface area (Å²) in [5.74, 6) is 1.95. The first-order valence-corrected chi connectivity index (χ1v) is 12.1. The van der Waals surface area contributed by atoms with Crippen LogP contribution in [0, 0.1) is 10.1 Å². The fourth-order valence-electron chi connectivity index (χ4n) is 4.87. The zero-order valence-corrected chi connectivity index (χ0v) is 20.3. The van der Waals surface area contributed by atoms with Crippen LogP contribution in [0.3, 0.4) is 0 Å². The maximum atomic E-state index is 11.8. The minimum absolute atomic E-state index is 0.0137. The first-order valence-electron chi connectivity index (χ1n) is 12.1. The molecule has 5 aromatic rings. The summed E-state index contributed by atoms with van der Waals surface area (Å²) in [6, 6.07) is 22.6. The van der Waals surface area contributed by atoms with Crippen molar-refractivity contribution >= 4 is 28.2 Å². The smallest absolute Gasteiger partial charge is 0.280 e. The zero-order valence-electron chi connectivity index (χ0n) is 20.3. The van der Waals surface area contributed by atoms with Crippen molar-refractivity contribution in [1.82, 2.24) is 24.5 Å². The average Bonchev–Trinajstić information content (AvgIpc) is 3.39. The topological polar surface area (TPSA) is 102 Å². The highest BCUT2D eigenvalue weighted by molar-refractivity contribution is 5.93. The molecular weight excluding hydrogens is 470 g/mol. The minimum Gasteiger partial charge on any atom is -0.497 e. The number of nitrogens with zero attached hydrogens (tertiary/aromatic N) is 7. The molecule has 10 nitrogen and oxygen atoms in total. The van der Waals surface area contributed by atoms with E-state index in [0.717, 1.165) is 49.4 Å². The Kier molecular flexibility index (Phi) is 5.85. The molecule has 0 unspecified atom stereocenters. The van der Waals surface area contributed by atoms with Gasteiger partial charge < -0.3 is 9.64 Å². The molecule has 2 aromatic heterocycles. The van der Waals surface area contributed by atoms with Gasteiger partial charge in [-0.05, 0) is 35.9 Å². The Morgan fingerprint density at radius 3 is 2.41 bits per heavy atom. The Bertz CT molecular complexity index is 1590. The molecule has 0 N–H and O–H groups in total. The molecule has 37 heavy (non-hydrogen) atoms. The van der Waals surface area contributed by atoms with Crippen LogP contribution in [0.25, 0.3) is 27.9 Å². The summed E-state index contributed by atoms with van der Waals surface area (Å²) >= 11 is 0. The number of para-hydroxylation sites is 2. The molecule has 3 heterocycles. The van der Waals surface area contributed by atoms with Crippen LogP contribution in [0.5, 0.6) is 5.75 Å². The van der Waals surface area contributed by atoms with E-state index in [1.807, 2.05) is 40.8 Å². The third-order valence-corrected chi connectivity index (χ3v) is 6.79. The molecule has 0 saturated carbocycles. The van der Waals surface area contributed by atoms with E-state index in [2.05, 4.69) is 32.1 Å². The number of ether oxygens (including phenoxy) is 1. The van der Waals surface area contributed by atoms with Crippen LogP contribution in [0.15, 0.2) is 72.8 Å². The van der Waals surface area contributed by atoms with E-state index in [1.165, 1.54) is 11.6 Å². The first kappa shape index (κ1) is 22.9. The van der Waals surface area contributed by atoms with E-state index in [1.54, 1.807) is 25.3 Å². The van der Waals surface area contributed by atoms with Crippen molar-refractivity contribution in [3.63, 3.8) is 0 Å². The lowest BCUT2D eigenvalue weighted by atomic mass is 10.1. The molecular formula is C27H25N7O3. The molecule has 1 fully saturated rings. The lowest BCUT2D eigenvalue weighted by Gasteiger charge is -2.35. The molecule has 3 aromatic carbocycles. The lowest BCUT2D eigenvalue weighted by Crippen LogP contribution is -2.46. The molecule has 0 atom stereocenters. The van der Waals surface area contributed by atoms with E-state index in [-0.39, 0.29) is 10.6 Å². The molecule has 0 spiro atoms. The van der Waals surface area contributed by atoms with E-state index in [9.17, 15) is 10.1 Å². The van der Waals surface area contributed by atoms with Crippen LogP contribution in [0.1, 0.15) is 5.56 Å². The predicted molar refractivity (Wildman–Crippen MR) is 141 cm³/mol. The van der Waals surface area contributed by atoms with Crippen molar-refractivity contribution in [1.29, 1.82) is 0 Å². The number of piperazine rings is 1. The molecule has 0 amide bonds. The maximum absolute atomic E-state index is 11.8. The molecule has 1 aliphatic heterocycles. The molecule has 0 bridgehead atoms. The second-order valence-electron chi connectivity index (χ2n) is 9.00. The van der Waals surface area contributed by atoms with Gasteiger partial charge in [0.05, 0.1) is 23.1 Å². The van der Waals surface area contributed by atoms with Gasteiger partial charge >= 0.3 is 0 Å². The first-order chi connectivity index (χ1) is 18.1. The van der Waals surface area contributed by atoms with E-state index in [4.69, 9.17) is 9.72 Å². The second-order valence-corrected chi connectivity index (χ2v) is 9.00. The number of fused-ring (bicyclic) bond motifs is 3. The molecule has 186 valence electrons. The summed E-state index contributed by atoms with van der Waals surface area (Å²) in [5.41, 5.74) is 3.08. The van der Waals surface area contributed by atoms with Crippen molar-refractivity contribution in [3.05, 3.63) is 88.5 Å². The van der Waals surface area contributed by atoms with Crippen molar-refractivity contribution in [2.45, 2.75) is 6.54 Å². The fourth-order valence-corrected chi connectivity index (χ4v) is 4.87. The minimum atomic E-state index is -0.386. The summed E-state index contributed by atoms with van der Waals surface area (Å²) in [6.07, 6.45) is 0. The van der Waals surface area contributed by atoms with Crippen LogP contribution in [0.2, 0.25) is 0 Å². The Morgan fingerprint density at radius 1 is 0.919 bits per heavy atom. The SMILES string of the molecule is COc1ccc(CN2CCN(c3nc4ccccc4c4nnc(-c5ccccc5[N+](=O)[O-])n34)CC2)cc1. The molecule has 10 heteroatoms. The van der Waals surface area contributed by atoms with Crippen molar-refractivity contribution in [2.24, 2.45) is 0 Å². The molecule has 6 rings (SSSR count). The Balaban J connectivity index is 1.37. The number of rotatable bonds is 6. The summed E-state index contributed by atoms with van der Waals surface area (Å²) in [5, 5.41) is 21.5. The van der Waals surface area contributed by atoms with Gasteiger partial charge in [-0.15, -0.1) is 10.2 Å². The van der Waals surface area contributed by atoms with E-state index < -0.39 is 0 Å². The second kappa shape index (κ2) is 9.47. The number of nitro benzene ring substituents is 1. The van der Waals surface area contributed by atoms with Gasteiger partial charge in [0.25, 0.3) is 5.69 Å². The van der Waals surface area contributed by atoms with Crippen LogP contribution < -0.4 is 9.64 Å². The number of hydrogen-bond donors (Lipinski definition) is 0. The summed E-state index contributed by atoms with van der Waals surface area (Å²) in [7, 11) is 1.67. The quantitative estimate of drug-likeness (QED) is 0.255. The van der Waals surface area contributed by atoms with Gasteiger partial charge in [0.2, 0.25) is 5.95 Å². The number of hydrogen-bond acceptors (Lipinski definition) is 8. The van der Waals surface area contributed by atoms with Gasteiger partial charge in [-0.3, -0.25) is 15.0 Å². The standard InChI is InChI=1S/C27H25N7O3/c1-37-20-12-10-19(11-13-20)18-31-14-16-32(17-15-31)27-28-23-8-4-2-6-21(23)25-29-30-26(33(25)27)22-7-3-5-9-24(22)34(35)36/h2-13H,14-18H2,1H3. The highest BCUT2D eigenvalue weighted by Crippen LogP contribution is 2.33. The van der Waals surface area contributed by atoms with Crippen LogP contribution >= 0.6 is 0 Å². The lowest BCUT2D eigenvalue weighted by molar-refractivity contribution is -0.384. The Morgan fingerprint density at radius 2 is 1.65 bits per heavy atom. The summed E-state index contributed by atoms with van der Waals surface area (Å²) < 4.78 is 7.13. The van der Waals surface area contributed by atoms with Gasteiger partial charge in [0.1, 0.15) is 5.75 Å². The van der Waals surface area contributed by atoms with E-state index >= 15 is 0 Å². The number of nitro groups is 1. The molecule has 0 radical (unpaired) electrons. The summed E-state index contributed by atoms with van der Waals surface area (Å²) in [6.45, 7) is 4.07. The van der Waals surface area contributed by atoms with E-state index in [0.29, 0.717) is 23.0 Å². The van der Waals surface area contributed by atoms with Crippen LogP contribution in [-0.4, -0.2) is 62.7 Å². The van der Waals surface area contributed by atoms with Gasteiger partial charge in [-0.2, -0.15) is 0 Å². The fraction of sp³-hybridized carbons (Fsp3) is 0.222.